The van der Waals surface area contributed by atoms with E-state index in [0.29, 0.717) is 26.2 Å². The second-order valence-electron chi connectivity index (χ2n) is 7.87. The van der Waals surface area contributed by atoms with Crippen LogP contribution >= 0.6 is 0 Å². The zero-order chi connectivity index (χ0) is 20.3. The van der Waals surface area contributed by atoms with Crippen molar-refractivity contribution in [3.05, 3.63) is 94.5 Å². The molecular formula is C26H25NO3. The summed E-state index contributed by atoms with van der Waals surface area (Å²) in [6.07, 6.45) is 2.17. The quantitative estimate of drug-likeness (QED) is 0.669. The van der Waals surface area contributed by atoms with Gasteiger partial charge in [-0.25, -0.2) is 0 Å². The zero-order valence-corrected chi connectivity index (χ0v) is 16.9. The molecule has 0 atom stereocenters. The minimum atomic E-state index is 0.0270. The number of hydrogen-bond donors (Lipinski definition) is 1. The van der Waals surface area contributed by atoms with Gasteiger partial charge in [0.25, 0.3) is 0 Å². The van der Waals surface area contributed by atoms with Crippen LogP contribution in [0.15, 0.2) is 66.7 Å². The lowest BCUT2D eigenvalue weighted by atomic mass is 9.88. The second kappa shape index (κ2) is 8.23. The van der Waals surface area contributed by atoms with Gasteiger partial charge in [-0.15, -0.1) is 0 Å². The minimum absolute atomic E-state index is 0.0270. The molecular weight excluding hydrogens is 374 g/mol. The van der Waals surface area contributed by atoms with Crippen LogP contribution in [0.25, 0.3) is 0 Å². The van der Waals surface area contributed by atoms with Gasteiger partial charge in [-0.1, -0.05) is 60.7 Å². The Hall–Kier alpha value is -3.27. The lowest BCUT2D eigenvalue weighted by Crippen LogP contribution is -2.25. The first kappa shape index (κ1) is 18.7. The summed E-state index contributed by atoms with van der Waals surface area (Å²) in [6, 6.07) is 22.6. The number of rotatable bonds is 6. The largest absolute Gasteiger partial charge is 0.493 e. The number of nitrogens with one attached hydrogen (secondary N) is 1. The third-order valence-corrected chi connectivity index (χ3v) is 6.02. The van der Waals surface area contributed by atoms with E-state index < -0.39 is 0 Å². The Bertz CT molecular complexity index is 975. The maximum Gasteiger partial charge on any atom is 0.221 e. The van der Waals surface area contributed by atoms with Crippen molar-refractivity contribution in [3.8, 4) is 11.5 Å². The van der Waals surface area contributed by atoms with Crippen LogP contribution in [0.4, 0.5) is 0 Å². The third kappa shape index (κ3) is 3.65. The average molecular weight is 399 g/mol. The molecule has 4 nitrogen and oxygen atoms in total. The van der Waals surface area contributed by atoms with Crippen LogP contribution in [0.3, 0.4) is 0 Å². The number of carbonyl (C=O) groups excluding carboxylic acids is 1. The van der Waals surface area contributed by atoms with E-state index in [0.717, 1.165) is 41.0 Å². The highest BCUT2D eigenvalue weighted by atomic mass is 16.5. The van der Waals surface area contributed by atoms with Crippen molar-refractivity contribution in [2.75, 3.05) is 13.2 Å². The zero-order valence-electron chi connectivity index (χ0n) is 16.9. The molecule has 0 aromatic heterocycles. The van der Waals surface area contributed by atoms with Crippen LogP contribution in [0, 0.1) is 0 Å². The Kier molecular flexibility index (Phi) is 5.14. The Morgan fingerprint density at radius 1 is 0.900 bits per heavy atom. The van der Waals surface area contributed by atoms with E-state index in [1.54, 1.807) is 0 Å². The van der Waals surface area contributed by atoms with Gasteiger partial charge < -0.3 is 14.8 Å². The SMILES string of the molecule is O=C(CC(c1ccccc1)c1ccccc1)NCc1c2c(cc3c1OCC3)OCC2. The molecule has 30 heavy (non-hydrogen) atoms. The first-order valence-electron chi connectivity index (χ1n) is 10.6. The molecule has 1 N–H and O–H groups in total. The number of ether oxygens (including phenoxy) is 2. The third-order valence-electron chi connectivity index (χ3n) is 6.02. The molecule has 5 rings (SSSR count). The van der Waals surface area contributed by atoms with Crippen LogP contribution in [-0.2, 0) is 24.2 Å². The van der Waals surface area contributed by atoms with E-state index in [9.17, 15) is 4.79 Å². The standard InChI is InChI=1S/C26H25NO3/c28-25(16-22(18-7-3-1-4-8-18)19-9-5-2-6-10-19)27-17-23-21-12-14-29-24(21)15-20-11-13-30-26(20)23/h1-10,15,22H,11-14,16-17H2,(H,27,28). The van der Waals surface area contributed by atoms with Gasteiger partial charge in [0, 0.05) is 48.4 Å². The molecule has 0 spiro atoms. The van der Waals surface area contributed by atoms with Crippen molar-refractivity contribution in [2.45, 2.75) is 31.7 Å². The van der Waals surface area contributed by atoms with E-state index in [2.05, 4.69) is 35.6 Å². The number of fused-ring (bicyclic) bond motifs is 2. The minimum Gasteiger partial charge on any atom is -0.493 e. The topological polar surface area (TPSA) is 47.6 Å². The molecule has 0 saturated heterocycles. The van der Waals surface area contributed by atoms with Crippen LogP contribution in [0.5, 0.6) is 11.5 Å². The molecule has 3 aromatic carbocycles. The summed E-state index contributed by atoms with van der Waals surface area (Å²) in [5.41, 5.74) is 5.75. The fraction of sp³-hybridized carbons (Fsp3) is 0.269. The monoisotopic (exact) mass is 399 g/mol. The van der Waals surface area contributed by atoms with Crippen LogP contribution in [-0.4, -0.2) is 19.1 Å². The van der Waals surface area contributed by atoms with Gasteiger partial charge in [0.15, 0.2) is 0 Å². The van der Waals surface area contributed by atoms with Crippen molar-refractivity contribution < 1.29 is 14.3 Å². The van der Waals surface area contributed by atoms with Crippen LogP contribution in [0.1, 0.15) is 40.2 Å². The molecule has 0 unspecified atom stereocenters. The number of amides is 1. The maximum absolute atomic E-state index is 13.0. The van der Waals surface area contributed by atoms with Crippen molar-refractivity contribution in [1.29, 1.82) is 0 Å². The molecule has 1 amide bonds. The molecule has 0 aliphatic carbocycles. The van der Waals surface area contributed by atoms with E-state index in [4.69, 9.17) is 9.47 Å². The molecule has 0 saturated carbocycles. The summed E-state index contributed by atoms with van der Waals surface area (Å²) in [5.74, 6) is 1.97. The van der Waals surface area contributed by atoms with Gasteiger partial charge in [0.2, 0.25) is 5.91 Å². The van der Waals surface area contributed by atoms with Gasteiger partial charge >= 0.3 is 0 Å². The number of carbonyl (C=O) groups is 1. The number of hydrogen-bond acceptors (Lipinski definition) is 3. The van der Waals surface area contributed by atoms with Gasteiger partial charge in [-0.05, 0) is 17.2 Å². The average Bonchev–Trinajstić information content (AvgIpc) is 3.45. The Morgan fingerprint density at radius 2 is 1.57 bits per heavy atom. The molecule has 4 heteroatoms. The Labute approximate surface area is 176 Å². The van der Waals surface area contributed by atoms with Crippen LogP contribution in [0.2, 0.25) is 0 Å². The summed E-state index contributed by atoms with van der Waals surface area (Å²) in [6.45, 7) is 1.87. The second-order valence-corrected chi connectivity index (χ2v) is 7.87. The molecule has 2 aliphatic rings. The highest BCUT2D eigenvalue weighted by molar-refractivity contribution is 5.78. The Balaban J connectivity index is 1.35. The van der Waals surface area contributed by atoms with Crippen LogP contribution < -0.4 is 14.8 Å². The summed E-state index contributed by atoms with van der Waals surface area (Å²) >= 11 is 0. The smallest absolute Gasteiger partial charge is 0.221 e. The predicted molar refractivity (Wildman–Crippen MR) is 116 cm³/mol. The van der Waals surface area contributed by atoms with Gasteiger partial charge in [-0.3, -0.25) is 4.79 Å². The van der Waals surface area contributed by atoms with Crippen molar-refractivity contribution in [3.63, 3.8) is 0 Å². The van der Waals surface area contributed by atoms with E-state index in [1.165, 1.54) is 11.1 Å². The molecule has 2 aliphatic heterocycles. The molecule has 0 bridgehead atoms. The van der Waals surface area contributed by atoms with Gasteiger partial charge in [0.05, 0.1) is 13.2 Å². The fourth-order valence-corrected chi connectivity index (χ4v) is 4.52. The highest BCUT2D eigenvalue weighted by Gasteiger charge is 2.27. The van der Waals surface area contributed by atoms with E-state index in [1.807, 2.05) is 36.4 Å². The first-order valence-corrected chi connectivity index (χ1v) is 10.6. The molecule has 0 radical (unpaired) electrons. The van der Waals surface area contributed by atoms with Crippen molar-refractivity contribution in [1.82, 2.24) is 5.32 Å². The van der Waals surface area contributed by atoms with E-state index >= 15 is 0 Å². The summed E-state index contributed by atoms with van der Waals surface area (Å²) in [5, 5.41) is 3.15. The lowest BCUT2D eigenvalue weighted by molar-refractivity contribution is -0.121. The van der Waals surface area contributed by atoms with E-state index in [-0.39, 0.29) is 11.8 Å². The first-order chi connectivity index (χ1) is 14.8. The summed E-state index contributed by atoms with van der Waals surface area (Å²) in [4.78, 5) is 13.0. The molecule has 3 aromatic rings. The molecule has 152 valence electrons. The highest BCUT2D eigenvalue weighted by Crippen LogP contribution is 2.40. The molecule has 2 heterocycles. The maximum atomic E-state index is 13.0. The van der Waals surface area contributed by atoms with Crippen molar-refractivity contribution in [2.24, 2.45) is 0 Å². The number of benzene rings is 3. The molecule has 0 fully saturated rings. The summed E-state index contributed by atoms with van der Waals surface area (Å²) < 4.78 is 11.7. The van der Waals surface area contributed by atoms with Gasteiger partial charge in [-0.2, -0.15) is 0 Å². The van der Waals surface area contributed by atoms with Gasteiger partial charge in [0.1, 0.15) is 11.5 Å². The fourth-order valence-electron chi connectivity index (χ4n) is 4.52. The summed E-state index contributed by atoms with van der Waals surface area (Å²) in [7, 11) is 0. The lowest BCUT2D eigenvalue weighted by Gasteiger charge is -2.19. The Morgan fingerprint density at radius 3 is 2.27 bits per heavy atom. The normalized spacial score (nSPS) is 14.0. The predicted octanol–water partition coefficient (Wildman–Crippen LogP) is 4.39. The van der Waals surface area contributed by atoms with Crippen molar-refractivity contribution >= 4 is 5.91 Å².